The van der Waals surface area contributed by atoms with Crippen molar-refractivity contribution in [3.63, 3.8) is 0 Å². The van der Waals surface area contributed by atoms with Gasteiger partial charge in [-0.1, -0.05) is 134 Å². The van der Waals surface area contributed by atoms with Gasteiger partial charge in [0.25, 0.3) is 0 Å². The first-order valence-electron chi connectivity index (χ1n) is 21.9. The standard InChI is InChI=1S/C37H73ClO12Si8/c1-28(2)21-51-39-52(22-29(3)4)42-55(25-32(9)10)44-53(40-51,23-30(5)6)46-57(27-34(13)14)47-54(41-51,24-31(7)8)45-56(43-52,26-33(11)12)49-58(48-55,50-57)35(15)37(38)36-19-17-16-18-20-36/h16-20,28-35,37H,21-27H2,1-15H3. The van der Waals surface area contributed by atoms with Crippen molar-refractivity contribution in [3.8, 4) is 0 Å². The van der Waals surface area contributed by atoms with Crippen LogP contribution in [0.4, 0.5) is 0 Å². The predicted octanol–water partition coefficient (Wildman–Crippen LogP) is 10.7. The third kappa shape index (κ3) is 10.5. The largest absolute Gasteiger partial charge is 0.483 e. The van der Waals surface area contributed by atoms with Crippen molar-refractivity contribution in [2.75, 3.05) is 0 Å². The zero-order valence-electron chi connectivity index (χ0n) is 37.8. The maximum atomic E-state index is 7.95. The van der Waals surface area contributed by atoms with Gasteiger partial charge < -0.3 is 49.4 Å². The molecule has 6 aliphatic rings. The van der Waals surface area contributed by atoms with Crippen molar-refractivity contribution in [2.45, 2.75) is 157 Å². The SMILES string of the molecule is CC(C)C[Si]12O[Si]3(CC(C)C)O[Si]4(CC(C)C)O[Si](CC(C)C)(O1)O[Si]1(CC(C)C)O[Si](CC(C)C)(O2)O[Si](CC(C)C)(O3)O[Si](C(C)C(Cl)c2ccccc2)(O4)O1. The average molecular weight is 970 g/mol. The van der Waals surface area contributed by atoms with Crippen LogP contribution in [0.3, 0.4) is 0 Å². The minimum Gasteiger partial charge on any atom is -0.373 e. The van der Waals surface area contributed by atoms with Crippen molar-refractivity contribution in [2.24, 2.45) is 41.4 Å². The van der Waals surface area contributed by atoms with Gasteiger partial charge in [0.1, 0.15) is 0 Å². The Morgan fingerprint density at radius 1 is 0.345 bits per heavy atom. The van der Waals surface area contributed by atoms with E-state index in [1.54, 1.807) is 0 Å². The summed E-state index contributed by atoms with van der Waals surface area (Å²) in [7, 11) is -32.3. The molecule has 58 heavy (non-hydrogen) atoms. The van der Waals surface area contributed by atoms with Crippen LogP contribution in [0.5, 0.6) is 0 Å². The summed E-state index contributed by atoms with van der Waals surface area (Å²) < 4.78 is 94.4. The monoisotopic (exact) mass is 968 g/mol. The quantitative estimate of drug-likeness (QED) is 0.109. The second-order valence-electron chi connectivity index (χ2n) is 20.4. The number of hydrogen-bond acceptors (Lipinski definition) is 12. The fourth-order valence-corrected chi connectivity index (χ4v) is 61.7. The highest BCUT2D eigenvalue weighted by molar-refractivity contribution is 7.03. The first-order valence-corrected chi connectivity index (χ1v) is 37.7. The summed E-state index contributed by atoms with van der Waals surface area (Å²) >= 11 is 7.67. The Kier molecular flexibility index (Phi) is 14.7. The highest BCUT2D eigenvalue weighted by Crippen LogP contribution is 2.58. The van der Waals surface area contributed by atoms with Gasteiger partial charge in [-0.3, -0.25) is 0 Å². The maximum Gasteiger partial charge on any atom is 0.483 e. The topological polar surface area (TPSA) is 111 Å². The molecule has 8 bridgehead atoms. The number of benzene rings is 1. The lowest BCUT2D eigenvalue weighted by Gasteiger charge is -2.64. The normalized spacial score (nSPS) is 39.8. The van der Waals surface area contributed by atoms with Gasteiger partial charge in [0, 0.05) is 47.8 Å². The van der Waals surface area contributed by atoms with Gasteiger partial charge in [-0.25, -0.2) is 0 Å². The van der Waals surface area contributed by atoms with Crippen LogP contribution >= 0.6 is 11.6 Å². The number of hydrogen-bond donors (Lipinski definition) is 0. The van der Waals surface area contributed by atoms with Gasteiger partial charge in [-0.2, -0.15) is 0 Å². The summed E-state index contributed by atoms with van der Waals surface area (Å²) in [5, 5.41) is -0.586. The van der Waals surface area contributed by atoms with Crippen LogP contribution < -0.4 is 0 Å². The second kappa shape index (κ2) is 17.6. The van der Waals surface area contributed by atoms with E-state index in [0.29, 0.717) is 42.3 Å². The Hall–Kier alpha value is 0.765. The molecular formula is C37H73ClO12Si8. The molecule has 6 aliphatic heterocycles. The Balaban J connectivity index is 1.78. The lowest BCUT2D eigenvalue weighted by atomic mass is 10.1. The summed E-state index contributed by atoms with van der Waals surface area (Å²) in [5.74, 6) is 0.650. The van der Waals surface area contributed by atoms with Crippen LogP contribution in [-0.4, -0.2) is 70.4 Å². The van der Waals surface area contributed by atoms with E-state index in [9.17, 15) is 0 Å². The molecule has 0 radical (unpaired) electrons. The molecule has 0 amide bonds. The van der Waals surface area contributed by atoms with Crippen LogP contribution in [0.1, 0.15) is 115 Å². The summed E-state index contributed by atoms with van der Waals surface area (Å²) in [5.41, 5.74) is 0.378. The molecule has 1 aromatic rings. The first-order chi connectivity index (χ1) is 26.8. The van der Waals surface area contributed by atoms with Gasteiger partial charge in [-0.15, -0.1) is 11.6 Å². The van der Waals surface area contributed by atoms with Crippen LogP contribution in [0.15, 0.2) is 30.3 Å². The van der Waals surface area contributed by atoms with Crippen molar-refractivity contribution in [1.29, 1.82) is 0 Å². The zero-order valence-corrected chi connectivity index (χ0v) is 46.6. The molecule has 0 spiro atoms. The Morgan fingerprint density at radius 2 is 0.552 bits per heavy atom. The van der Waals surface area contributed by atoms with Crippen LogP contribution in [0.2, 0.25) is 47.8 Å². The highest BCUT2D eigenvalue weighted by atomic mass is 35.5. The van der Waals surface area contributed by atoms with Gasteiger partial charge in [0.15, 0.2) is 0 Å². The molecule has 0 aromatic heterocycles. The van der Waals surface area contributed by atoms with Crippen LogP contribution in [-0.2, 0) is 49.4 Å². The molecule has 6 fully saturated rings. The number of rotatable bonds is 17. The number of alkyl halides is 1. The summed E-state index contributed by atoms with van der Waals surface area (Å²) in [4.78, 5) is 0. The molecule has 0 N–H and O–H groups in total. The van der Waals surface area contributed by atoms with Crippen molar-refractivity contribution < 1.29 is 49.4 Å². The van der Waals surface area contributed by atoms with Crippen molar-refractivity contribution in [3.05, 3.63) is 35.9 Å². The van der Waals surface area contributed by atoms with E-state index in [0.717, 1.165) is 5.56 Å². The lowest BCUT2D eigenvalue weighted by Crippen LogP contribution is -2.89. The smallest absolute Gasteiger partial charge is 0.373 e. The van der Waals surface area contributed by atoms with E-state index in [-0.39, 0.29) is 41.4 Å². The number of halogens is 1. The van der Waals surface area contributed by atoms with E-state index in [1.807, 2.05) is 30.3 Å². The Morgan fingerprint density at radius 3 is 0.759 bits per heavy atom. The minimum absolute atomic E-state index is 0.0769. The van der Waals surface area contributed by atoms with E-state index >= 15 is 0 Å². The first kappa shape index (κ1) is 48.2. The average Bonchev–Trinajstić information content (AvgIpc) is 2.98. The molecule has 6 saturated heterocycles. The van der Waals surface area contributed by atoms with E-state index < -0.39 is 81.4 Å². The molecule has 6 heterocycles. The Bertz CT molecular complexity index is 1410. The predicted molar refractivity (Wildman–Crippen MR) is 241 cm³/mol. The zero-order chi connectivity index (χ0) is 42.7. The van der Waals surface area contributed by atoms with Crippen molar-refractivity contribution >= 4 is 82.0 Å². The van der Waals surface area contributed by atoms with Gasteiger partial charge in [0.05, 0.1) is 5.38 Å². The highest BCUT2D eigenvalue weighted by Gasteiger charge is 2.84. The van der Waals surface area contributed by atoms with E-state index in [4.69, 9.17) is 61.0 Å². The molecule has 2 atom stereocenters. The van der Waals surface area contributed by atoms with Crippen LogP contribution in [0.25, 0.3) is 0 Å². The van der Waals surface area contributed by atoms with E-state index in [1.165, 1.54) is 0 Å². The lowest BCUT2D eigenvalue weighted by molar-refractivity contribution is -0.0361. The van der Waals surface area contributed by atoms with Crippen molar-refractivity contribution in [1.82, 2.24) is 0 Å². The van der Waals surface area contributed by atoms with Gasteiger partial charge in [-0.05, 0) is 47.0 Å². The molecule has 21 heteroatoms. The summed E-state index contributed by atoms with van der Waals surface area (Å²) in [6, 6.07) is 13.2. The van der Waals surface area contributed by atoms with Gasteiger partial charge >= 0.3 is 70.4 Å². The van der Waals surface area contributed by atoms with E-state index in [2.05, 4.69) is 104 Å². The second-order valence-corrected chi connectivity index (χ2v) is 45.2. The fraction of sp³-hybridized carbons (Fsp3) is 0.838. The molecule has 0 aliphatic carbocycles. The summed E-state index contributed by atoms with van der Waals surface area (Å²) in [6.07, 6.45) is 0. The Labute approximate surface area is 363 Å². The molecule has 0 saturated carbocycles. The molecule has 332 valence electrons. The third-order valence-electron chi connectivity index (χ3n) is 10.4. The minimum atomic E-state index is -4.27. The third-order valence-corrected chi connectivity index (χ3v) is 51.5. The molecular weight excluding hydrogens is 897 g/mol. The molecule has 1 aromatic carbocycles. The van der Waals surface area contributed by atoms with Crippen LogP contribution in [0, 0.1) is 41.4 Å². The summed E-state index contributed by atoms with van der Waals surface area (Å²) in [6.45, 7) is 32.3. The van der Waals surface area contributed by atoms with Gasteiger partial charge in [0.2, 0.25) is 0 Å². The molecule has 7 rings (SSSR count). The molecule has 12 nitrogen and oxygen atoms in total. The fourth-order valence-electron chi connectivity index (χ4n) is 9.04. The molecule has 2 unspecified atom stereocenters. The maximum absolute atomic E-state index is 7.95.